The van der Waals surface area contributed by atoms with E-state index in [4.69, 9.17) is 0 Å². The van der Waals surface area contributed by atoms with E-state index in [2.05, 4.69) is 19.1 Å². The van der Waals surface area contributed by atoms with Gasteiger partial charge in [-0.05, 0) is 115 Å². The summed E-state index contributed by atoms with van der Waals surface area (Å²) in [5.74, 6) is 7.14. The highest BCUT2D eigenvalue weighted by Crippen LogP contribution is 2.70. The van der Waals surface area contributed by atoms with Crippen molar-refractivity contribution in [2.24, 2.45) is 23.7 Å². The summed E-state index contributed by atoms with van der Waals surface area (Å²) in [5.41, 5.74) is 7.54. The lowest BCUT2D eigenvalue weighted by Gasteiger charge is -2.47. The maximum Gasteiger partial charge on any atom is -0.00560 e. The molecular weight excluding hydrogens is 396 g/mol. The maximum absolute atomic E-state index is 2.67. The van der Waals surface area contributed by atoms with Crippen LogP contribution < -0.4 is 0 Å². The van der Waals surface area contributed by atoms with Gasteiger partial charge in [0.2, 0.25) is 0 Å². The summed E-state index contributed by atoms with van der Waals surface area (Å²) in [6.45, 7) is 2.32. The fourth-order valence-corrected chi connectivity index (χ4v) is 9.64. The molecule has 4 bridgehead atoms. The van der Waals surface area contributed by atoms with Crippen LogP contribution >= 0.6 is 0 Å². The van der Waals surface area contributed by atoms with Crippen molar-refractivity contribution >= 4 is 0 Å². The number of hydrogen-bond acceptors (Lipinski definition) is 0. The normalized spacial score (nSPS) is 35.1. The average molecular weight is 447 g/mol. The van der Waals surface area contributed by atoms with E-state index in [1.54, 1.807) is 31.2 Å². The van der Waals surface area contributed by atoms with Crippen LogP contribution in [0.25, 0.3) is 0 Å². The first-order valence-electron chi connectivity index (χ1n) is 15.5. The zero-order valence-corrected chi connectivity index (χ0v) is 21.6. The third-order valence-corrected chi connectivity index (χ3v) is 11.2. The molecule has 0 nitrogen and oxygen atoms in total. The molecule has 0 aliphatic heterocycles. The molecular formula is C33H50. The number of unbranched alkanes of at least 4 members (excludes halogenated alkanes) is 10. The third-order valence-electron chi connectivity index (χ3n) is 11.2. The van der Waals surface area contributed by atoms with Crippen LogP contribution in [0.1, 0.15) is 163 Å². The zero-order chi connectivity index (χ0) is 22.2. The topological polar surface area (TPSA) is 0 Å². The minimum atomic E-state index is 0.939. The number of fused-ring (bicyclic) bond motifs is 10. The Bertz CT molecular complexity index is 805. The zero-order valence-electron chi connectivity index (χ0n) is 21.6. The molecule has 5 aliphatic rings. The van der Waals surface area contributed by atoms with E-state index >= 15 is 0 Å². The molecule has 4 fully saturated rings. The van der Waals surface area contributed by atoms with Gasteiger partial charge < -0.3 is 0 Å². The lowest BCUT2D eigenvalue weighted by atomic mass is 9.57. The van der Waals surface area contributed by atoms with Crippen molar-refractivity contribution in [2.75, 3.05) is 0 Å². The van der Waals surface area contributed by atoms with Crippen LogP contribution in [0.15, 0.2) is 12.1 Å². The number of rotatable bonds is 13. The van der Waals surface area contributed by atoms with Crippen LogP contribution in [0.5, 0.6) is 0 Å². The van der Waals surface area contributed by atoms with Gasteiger partial charge >= 0.3 is 0 Å². The van der Waals surface area contributed by atoms with Crippen LogP contribution in [-0.2, 0) is 6.42 Å². The largest absolute Gasteiger partial charge is 0.0654 e. The van der Waals surface area contributed by atoms with Gasteiger partial charge in [0.25, 0.3) is 0 Å². The summed E-state index contributed by atoms with van der Waals surface area (Å²) in [6.07, 6.45) is 28.2. The van der Waals surface area contributed by atoms with Gasteiger partial charge in [-0.15, -0.1) is 0 Å². The first-order valence-corrected chi connectivity index (χ1v) is 15.5. The van der Waals surface area contributed by atoms with E-state index in [1.807, 2.05) is 16.7 Å². The summed E-state index contributed by atoms with van der Waals surface area (Å²) in [7, 11) is 0. The predicted octanol–water partition coefficient (Wildman–Crippen LogP) is 10.1. The molecule has 0 heteroatoms. The second-order valence-electron chi connectivity index (χ2n) is 13.1. The molecule has 0 heterocycles. The lowest BCUT2D eigenvalue weighted by molar-refractivity contribution is 0.311. The standard InChI is InChI=1S/C33H50/c1-2-3-4-5-6-7-8-9-10-11-12-13-24-18-19-28(29-21-23-14-15-25(29)20-23)33-30(24)31-26-16-17-27(22-26)32(31)33/h18-19,23,25-27,29,31-32H,2-17,20-22H2,1H3. The van der Waals surface area contributed by atoms with Gasteiger partial charge in [0.1, 0.15) is 0 Å². The molecule has 6 rings (SSSR count). The number of benzene rings is 1. The Morgan fingerprint density at radius 3 is 1.88 bits per heavy atom. The highest BCUT2D eigenvalue weighted by atomic mass is 14.6. The van der Waals surface area contributed by atoms with E-state index in [1.165, 1.54) is 96.3 Å². The highest BCUT2D eigenvalue weighted by molar-refractivity contribution is 5.58. The van der Waals surface area contributed by atoms with Crippen molar-refractivity contribution in [3.63, 3.8) is 0 Å². The molecule has 0 amide bonds. The van der Waals surface area contributed by atoms with Gasteiger partial charge in [-0.1, -0.05) is 89.7 Å². The molecule has 1 aromatic rings. The molecule has 182 valence electrons. The fourth-order valence-electron chi connectivity index (χ4n) is 9.64. The van der Waals surface area contributed by atoms with Gasteiger partial charge in [0.15, 0.2) is 0 Å². The molecule has 0 radical (unpaired) electrons. The van der Waals surface area contributed by atoms with Crippen LogP contribution in [0.2, 0.25) is 0 Å². The minimum absolute atomic E-state index is 0.939. The van der Waals surface area contributed by atoms with Crippen molar-refractivity contribution in [3.05, 3.63) is 34.4 Å². The van der Waals surface area contributed by atoms with E-state index < -0.39 is 0 Å². The van der Waals surface area contributed by atoms with Crippen LogP contribution in [0.4, 0.5) is 0 Å². The summed E-state index contributed by atoms with van der Waals surface area (Å²) in [4.78, 5) is 0. The number of hydrogen-bond donors (Lipinski definition) is 0. The maximum atomic E-state index is 2.67. The fraction of sp³-hybridized carbons (Fsp3) is 0.818. The van der Waals surface area contributed by atoms with E-state index in [0.717, 1.165) is 41.4 Å². The van der Waals surface area contributed by atoms with E-state index in [-0.39, 0.29) is 0 Å². The smallest absolute Gasteiger partial charge is 0.00560 e. The molecule has 5 aliphatic carbocycles. The molecule has 0 spiro atoms. The van der Waals surface area contributed by atoms with Crippen molar-refractivity contribution in [1.82, 2.24) is 0 Å². The summed E-state index contributed by atoms with van der Waals surface area (Å²) < 4.78 is 0. The first-order chi connectivity index (χ1) is 16.3. The first kappa shape index (κ1) is 22.7. The van der Waals surface area contributed by atoms with Crippen LogP contribution in [0.3, 0.4) is 0 Å². The third kappa shape index (κ3) is 4.25. The van der Waals surface area contributed by atoms with E-state index in [0.29, 0.717) is 0 Å². The lowest BCUT2D eigenvalue weighted by Crippen LogP contribution is -2.33. The molecule has 0 aromatic heterocycles. The number of aryl methyl sites for hydroxylation is 1. The average Bonchev–Trinajstić information content (AvgIpc) is 3.60. The highest BCUT2D eigenvalue weighted by Gasteiger charge is 2.57. The minimum Gasteiger partial charge on any atom is -0.0654 e. The van der Waals surface area contributed by atoms with Crippen molar-refractivity contribution in [3.8, 4) is 0 Å². The van der Waals surface area contributed by atoms with Gasteiger partial charge in [0, 0.05) is 0 Å². The Kier molecular flexibility index (Phi) is 6.92. The predicted molar refractivity (Wildman–Crippen MR) is 141 cm³/mol. The van der Waals surface area contributed by atoms with Crippen molar-refractivity contribution < 1.29 is 0 Å². The quantitative estimate of drug-likeness (QED) is 0.264. The second kappa shape index (κ2) is 10.1. The second-order valence-corrected chi connectivity index (χ2v) is 13.1. The Balaban J connectivity index is 1.04. The van der Waals surface area contributed by atoms with Gasteiger partial charge in [-0.3, -0.25) is 0 Å². The van der Waals surface area contributed by atoms with E-state index in [9.17, 15) is 0 Å². The molecule has 7 unspecified atom stereocenters. The summed E-state index contributed by atoms with van der Waals surface area (Å²) in [5, 5.41) is 0. The summed E-state index contributed by atoms with van der Waals surface area (Å²) >= 11 is 0. The molecule has 33 heavy (non-hydrogen) atoms. The Morgan fingerprint density at radius 2 is 1.24 bits per heavy atom. The van der Waals surface area contributed by atoms with Crippen molar-refractivity contribution in [1.29, 1.82) is 0 Å². The molecule has 0 N–H and O–H groups in total. The van der Waals surface area contributed by atoms with Gasteiger partial charge in [0.05, 0.1) is 0 Å². The Morgan fingerprint density at radius 1 is 0.606 bits per heavy atom. The molecule has 7 atom stereocenters. The molecule has 0 saturated heterocycles. The molecule has 4 saturated carbocycles. The Labute approximate surface area is 204 Å². The van der Waals surface area contributed by atoms with Crippen LogP contribution in [-0.4, -0.2) is 0 Å². The monoisotopic (exact) mass is 446 g/mol. The van der Waals surface area contributed by atoms with Gasteiger partial charge in [-0.25, -0.2) is 0 Å². The summed E-state index contributed by atoms with van der Waals surface area (Å²) in [6, 6.07) is 5.30. The van der Waals surface area contributed by atoms with Crippen LogP contribution in [0, 0.1) is 23.7 Å². The Hall–Kier alpha value is -0.780. The molecule has 1 aromatic carbocycles. The SMILES string of the molecule is CCCCCCCCCCCCCc1ccc(C2CC3CCC2C3)c2c1C1C3CCC(C3)C21. The van der Waals surface area contributed by atoms with Crippen molar-refractivity contribution in [2.45, 2.75) is 147 Å². The van der Waals surface area contributed by atoms with Gasteiger partial charge in [-0.2, -0.15) is 0 Å².